The lowest BCUT2D eigenvalue weighted by molar-refractivity contribution is -0.118. The number of hydrogen-bond acceptors (Lipinski definition) is 6. The van der Waals surface area contributed by atoms with Crippen LogP contribution in [0.1, 0.15) is 40.3 Å². The van der Waals surface area contributed by atoms with Crippen LogP contribution in [-0.2, 0) is 11.3 Å². The van der Waals surface area contributed by atoms with Crippen molar-refractivity contribution in [3.8, 4) is 0 Å². The fourth-order valence-corrected chi connectivity index (χ4v) is 4.42. The summed E-state index contributed by atoms with van der Waals surface area (Å²) in [6, 6.07) is 3.93. The van der Waals surface area contributed by atoms with Crippen LogP contribution in [0.15, 0.2) is 23.8 Å². The minimum absolute atomic E-state index is 0.0509. The number of thiazole rings is 1. The van der Waals surface area contributed by atoms with E-state index >= 15 is 0 Å². The second kappa shape index (κ2) is 7.67. The fourth-order valence-electron chi connectivity index (χ4n) is 3.65. The number of amides is 2. The zero-order valence-electron chi connectivity index (χ0n) is 15.9. The van der Waals surface area contributed by atoms with Crippen molar-refractivity contribution in [1.29, 1.82) is 0 Å². The Kier molecular flexibility index (Phi) is 5.08. The van der Waals surface area contributed by atoms with Crippen molar-refractivity contribution in [2.75, 3.05) is 19.6 Å². The number of hydrogen-bond donors (Lipinski definition) is 1. The Labute approximate surface area is 166 Å². The van der Waals surface area contributed by atoms with E-state index in [0.717, 1.165) is 28.8 Å². The molecule has 0 spiro atoms. The molecule has 146 valence electrons. The van der Waals surface area contributed by atoms with Crippen LogP contribution in [0.3, 0.4) is 0 Å². The van der Waals surface area contributed by atoms with E-state index in [1.54, 1.807) is 11.7 Å². The molecule has 0 aromatic carbocycles. The van der Waals surface area contributed by atoms with Crippen molar-refractivity contribution < 1.29 is 9.59 Å². The quantitative estimate of drug-likeness (QED) is 0.709. The molecule has 1 N–H and O–H groups in total. The Morgan fingerprint density at radius 3 is 2.96 bits per heavy atom. The summed E-state index contributed by atoms with van der Waals surface area (Å²) in [6.45, 7) is 5.78. The molecule has 3 aromatic rings. The van der Waals surface area contributed by atoms with Gasteiger partial charge in [-0.05, 0) is 25.5 Å². The van der Waals surface area contributed by atoms with Gasteiger partial charge in [0.05, 0.1) is 23.4 Å². The number of nitrogens with zero attached hydrogens (tertiary/aromatic N) is 5. The minimum atomic E-state index is -0.0621. The molecule has 8 nitrogen and oxygen atoms in total. The lowest BCUT2D eigenvalue weighted by Gasteiger charge is -2.15. The predicted octanol–water partition coefficient (Wildman–Crippen LogP) is 1.96. The molecule has 0 radical (unpaired) electrons. The van der Waals surface area contributed by atoms with Crippen molar-refractivity contribution in [3.63, 3.8) is 0 Å². The molecule has 0 saturated carbocycles. The topological polar surface area (TPSA) is 93.0 Å². The van der Waals surface area contributed by atoms with Crippen molar-refractivity contribution in [3.05, 3.63) is 40.1 Å². The Morgan fingerprint density at radius 1 is 1.36 bits per heavy atom. The smallest absolute Gasteiger partial charge is 0.265 e. The van der Waals surface area contributed by atoms with Crippen LogP contribution in [0, 0.1) is 6.92 Å². The lowest BCUT2D eigenvalue weighted by atomic mass is 10.0. The van der Waals surface area contributed by atoms with Gasteiger partial charge in [0.25, 0.3) is 5.91 Å². The molecule has 1 saturated heterocycles. The number of fused-ring (bicyclic) bond motifs is 1. The zero-order chi connectivity index (χ0) is 19.7. The first-order valence-corrected chi connectivity index (χ1v) is 10.2. The molecular weight excluding hydrogens is 376 g/mol. The molecule has 1 fully saturated rings. The van der Waals surface area contributed by atoms with Gasteiger partial charge >= 0.3 is 0 Å². The van der Waals surface area contributed by atoms with E-state index < -0.39 is 0 Å². The molecular formula is C19H22N6O2S. The van der Waals surface area contributed by atoms with Gasteiger partial charge in [-0.3, -0.25) is 9.59 Å². The summed E-state index contributed by atoms with van der Waals surface area (Å²) in [7, 11) is 0. The predicted molar refractivity (Wildman–Crippen MR) is 106 cm³/mol. The lowest BCUT2D eigenvalue weighted by Crippen LogP contribution is -2.28. The summed E-state index contributed by atoms with van der Waals surface area (Å²) in [6.07, 6.45) is 2.62. The van der Waals surface area contributed by atoms with E-state index in [-0.39, 0.29) is 17.7 Å². The normalized spacial score (nSPS) is 16.6. The third-order valence-electron chi connectivity index (χ3n) is 5.04. The highest BCUT2D eigenvalue weighted by atomic mass is 32.1. The minimum Gasteiger partial charge on any atom is -0.354 e. The van der Waals surface area contributed by atoms with E-state index in [4.69, 9.17) is 5.10 Å². The van der Waals surface area contributed by atoms with E-state index in [9.17, 15) is 9.59 Å². The van der Waals surface area contributed by atoms with Gasteiger partial charge in [-0.25, -0.2) is 14.6 Å². The van der Waals surface area contributed by atoms with Crippen LogP contribution < -0.4 is 5.32 Å². The highest BCUT2D eigenvalue weighted by Crippen LogP contribution is 2.32. The number of aromatic nitrogens is 4. The second-order valence-electron chi connectivity index (χ2n) is 6.97. The Bertz CT molecular complexity index is 1030. The third-order valence-corrected chi connectivity index (χ3v) is 5.95. The molecule has 1 aliphatic rings. The van der Waals surface area contributed by atoms with Gasteiger partial charge < -0.3 is 10.2 Å². The second-order valence-corrected chi connectivity index (χ2v) is 7.82. The van der Waals surface area contributed by atoms with E-state index in [2.05, 4.69) is 15.3 Å². The SMILES string of the molecule is CC(=O)NCCn1nc([C@H]2CCN(C(=O)c3scnc3C)C2)c2cccnc21. The van der Waals surface area contributed by atoms with Crippen molar-refractivity contribution in [2.45, 2.75) is 32.7 Å². The van der Waals surface area contributed by atoms with E-state index in [1.807, 2.05) is 28.6 Å². The van der Waals surface area contributed by atoms with Gasteiger partial charge in [0.15, 0.2) is 5.65 Å². The average molecular weight is 398 g/mol. The van der Waals surface area contributed by atoms with E-state index in [0.29, 0.717) is 31.1 Å². The monoisotopic (exact) mass is 398 g/mol. The van der Waals surface area contributed by atoms with Crippen LogP contribution in [0.4, 0.5) is 0 Å². The molecule has 1 aliphatic heterocycles. The van der Waals surface area contributed by atoms with Crippen molar-refractivity contribution >= 4 is 34.2 Å². The summed E-state index contributed by atoms with van der Waals surface area (Å²) in [5.41, 5.74) is 4.29. The molecule has 0 bridgehead atoms. The van der Waals surface area contributed by atoms with Gasteiger partial charge in [0, 0.05) is 44.1 Å². The number of rotatable bonds is 5. The Balaban J connectivity index is 1.55. The number of carbonyl (C=O) groups excluding carboxylic acids is 2. The van der Waals surface area contributed by atoms with Crippen LogP contribution in [0.25, 0.3) is 11.0 Å². The van der Waals surface area contributed by atoms with Crippen LogP contribution in [0.5, 0.6) is 0 Å². The molecule has 9 heteroatoms. The molecule has 0 aliphatic carbocycles. The van der Waals surface area contributed by atoms with Gasteiger partial charge in [-0.15, -0.1) is 11.3 Å². The molecule has 1 atom stereocenters. The maximum Gasteiger partial charge on any atom is 0.265 e. The largest absolute Gasteiger partial charge is 0.354 e. The number of aryl methyl sites for hydroxylation is 1. The van der Waals surface area contributed by atoms with E-state index in [1.165, 1.54) is 18.3 Å². The molecule has 4 rings (SSSR count). The summed E-state index contributed by atoms with van der Waals surface area (Å²) in [5, 5.41) is 8.61. The first kappa shape index (κ1) is 18.5. The maximum atomic E-state index is 12.8. The van der Waals surface area contributed by atoms with Gasteiger partial charge in [-0.2, -0.15) is 5.10 Å². The summed E-state index contributed by atoms with van der Waals surface area (Å²) >= 11 is 1.39. The van der Waals surface area contributed by atoms with Gasteiger partial charge in [0.2, 0.25) is 5.91 Å². The number of likely N-dealkylation sites (tertiary alicyclic amines) is 1. The zero-order valence-corrected chi connectivity index (χ0v) is 16.7. The summed E-state index contributed by atoms with van der Waals surface area (Å²) < 4.78 is 1.85. The standard InChI is InChI=1S/C19H22N6O2S/c1-12-17(28-11-22-12)19(27)24-8-5-14(10-24)16-15-4-3-6-21-18(15)25(23-16)9-7-20-13(2)26/h3-4,6,11,14H,5,7-10H2,1-2H3,(H,20,26)/t14-/m0/s1. The summed E-state index contributed by atoms with van der Waals surface area (Å²) in [5.74, 6) is 0.161. The average Bonchev–Trinajstić information content (AvgIpc) is 3.39. The Hall–Kier alpha value is -2.81. The number of pyridine rings is 1. The highest BCUT2D eigenvalue weighted by molar-refractivity contribution is 7.11. The van der Waals surface area contributed by atoms with Crippen molar-refractivity contribution in [2.24, 2.45) is 0 Å². The van der Waals surface area contributed by atoms with Gasteiger partial charge in [-0.1, -0.05) is 0 Å². The molecule has 3 aromatic heterocycles. The van der Waals surface area contributed by atoms with Crippen LogP contribution in [0.2, 0.25) is 0 Å². The molecule has 4 heterocycles. The van der Waals surface area contributed by atoms with Crippen LogP contribution >= 0.6 is 11.3 Å². The van der Waals surface area contributed by atoms with Crippen molar-refractivity contribution in [1.82, 2.24) is 30.0 Å². The summed E-state index contributed by atoms with van der Waals surface area (Å²) in [4.78, 5) is 35.2. The first-order chi connectivity index (χ1) is 13.5. The molecule has 0 unspecified atom stereocenters. The molecule has 28 heavy (non-hydrogen) atoms. The number of carbonyl (C=O) groups is 2. The number of nitrogens with one attached hydrogen (secondary N) is 1. The third kappa shape index (κ3) is 3.49. The maximum absolute atomic E-state index is 12.8. The molecule has 2 amide bonds. The fraction of sp³-hybridized carbons (Fsp3) is 0.421. The Morgan fingerprint density at radius 2 is 2.21 bits per heavy atom. The first-order valence-electron chi connectivity index (χ1n) is 9.30. The van der Waals surface area contributed by atoms with Crippen LogP contribution in [-0.4, -0.2) is 56.1 Å². The highest BCUT2D eigenvalue weighted by Gasteiger charge is 2.32. The van der Waals surface area contributed by atoms with Gasteiger partial charge in [0.1, 0.15) is 4.88 Å².